The summed E-state index contributed by atoms with van der Waals surface area (Å²) in [6.45, 7) is 4.24. The monoisotopic (exact) mass is 261 g/mol. The van der Waals surface area contributed by atoms with Crippen LogP contribution in [0.3, 0.4) is 0 Å². The normalized spacial score (nSPS) is 10.5. The van der Waals surface area contributed by atoms with E-state index in [-0.39, 0.29) is 0 Å². The van der Waals surface area contributed by atoms with Crippen molar-refractivity contribution >= 4 is 0 Å². The molecule has 0 spiro atoms. The molecule has 0 bridgehead atoms. The topological polar surface area (TPSA) is 11.3 Å². The molecule has 0 aliphatic heterocycles. The molecule has 3 rings (SSSR count). The Bertz CT molecular complexity index is 716. The maximum atomic E-state index is 6.16. The van der Waals surface area contributed by atoms with E-state index in [4.69, 9.17) is 4.42 Å². The van der Waals surface area contributed by atoms with Gasteiger partial charge in [0.15, 0.2) is 0 Å². The first-order chi connectivity index (χ1) is 9.75. The lowest BCUT2D eigenvalue weighted by molar-refractivity contribution is 0.576. The van der Waals surface area contributed by atoms with Gasteiger partial charge < -0.3 is 0 Å². The lowest BCUT2D eigenvalue weighted by Crippen LogP contribution is -1.90. The van der Waals surface area contributed by atoms with Crippen LogP contribution in [0.1, 0.15) is 11.1 Å². The molecular formula is C19H17O+. The summed E-state index contributed by atoms with van der Waals surface area (Å²) in [5.74, 6) is 1.86. The van der Waals surface area contributed by atoms with Crippen LogP contribution in [-0.4, -0.2) is 0 Å². The van der Waals surface area contributed by atoms with Crippen molar-refractivity contribution < 1.29 is 4.42 Å². The first-order valence-electron chi connectivity index (χ1n) is 6.81. The van der Waals surface area contributed by atoms with Crippen LogP contribution in [0, 0.1) is 13.8 Å². The second kappa shape index (κ2) is 5.30. The summed E-state index contributed by atoms with van der Waals surface area (Å²) >= 11 is 0. The minimum Gasteiger partial charge on any atom is -0.207 e. The number of rotatable bonds is 2. The Morgan fingerprint density at radius 1 is 0.700 bits per heavy atom. The first-order valence-corrected chi connectivity index (χ1v) is 6.81. The standard InChI is InChI=1S/C19H17O/c1-14-13-18(16-9-5-3-6-10-16)20-19(15(14)2)17-11-7-4-8-12-17/h3-13H,1-2H3/q+1. The molecule has 1 aromatic heterocycles. The molecule has 2 aromatic carbocycles. The molecule has 0 aliphatic rings. The van der Waals surface area contributed by atoms with Gasteiger partial charge in [-0.2, -0.15) is 0 Å². The lowest BCUT2D eigenvalue weighted by Gasteiger charge is -2.01. The molecule has 20 heavy (non-hydrogen) atoms. The van der Waals surface area contributed by atoms with E-state index in [0.717, 1.165) is 22.6 Å². The van der Waals surface area contributed by atoms with Crippen LogP contribution in [0.5, 0.6) is 0 Å². The zero-order valence-electron chi connectivity index (χ0n) is 11.8. The van der Waals surface area contributed by atoms with Gasteiger partial charge in [0, 0.05) is 6.07 Å². The molecule has 0 atom stereocenters. The Labute approximate surface area is 119 Å². The summed E-state index contributed by atoms with van der Waals surface area (Å²) in [7, 11) is 0. The zero-order chi connectivity index (χ0) is 13.9. The van der Waals surface area contributed by atoms with Crippen LogP contribution in [0.25, 0.3) is 22.6 Å². The molecule has 0 saturated heterocycles. The van der Waals surface area contributed by atoms with Crippen molar-refractivity contribution in [2.75, 3.05) is 0 Å². The van der Waals surface area contributed by atoms with Gasteiger partial charge in [-0.25, -0.2) is 4.42 Å². The van der Waals surface area contributed by atoms with Crippen molar-refractivity contribution in [1.29, 1.82) is 0 Å². The van der Waals surface area contributed by atoms with Crippen molar-refractivity contribution in [2.24, 2.45) is 0 Å². The Balaban J connectivity index is 2.19. The van der Waals surface area contributed by atoms with Gasteiger partial charge in [-0.1, -0.05) is 36.4 Å². The van der Waals surface area contributed by atoms with Crippen LogP contribution in [-0.2, 0) is 0 Å². The van der Waals surface area contributed by atoms with E-state index in [2.05, 4.69) is 44.2 Å². The summed E-state index contributed by atoms with van der Waals surface area (Å²) in [6, 6.07) is 22.6. The van der Waals surface area contributed by atoms with Crippen molar-refractivity contribution in [2.45, 2.75) is 13.8 Å². The molecular weight excluding hydrogens is 244 g/mol. The van der Waals surface area contributed by atoms with Gasteiger partial charge in [-0.15, -0.1) is 0 Å². The van der Waals surface area contributed by atoms with E-state index < -0.39 is 0 Å². The minimum absolute atomic E-state index is 0.910. The molecule has 1 heterocycles. The summed E-state index contributed by atoms with van der Waals surface area (Å²) < 4.78 is 6.16. The van der Waals surface area contributed by atoms with Gasteiger partial charge in [0.05, 0.1) is 16.7 Å². The third-order valence-electron chi connectivity index (χ3n) is 3.59. The largest absolute Gasteiger partial charge is 0.363 e. The second-order valence-electron chi connectivity index (χ2n) is 4.98. The maximum Gasteiger partial charge on any atom is 0.363 e. The highest BCUT2D eigenvalue weighted by molar-refractivity contribution is 5.67. The maximum absolute atomic E-state index is 6.16. The Kier molecular flexibility index (Phi) is 3.34. The number of hydrogen-bond donors (Lipinski definition) is 0. The van der Waals surface area contributed by atoms with Crippen LogP contribution < -0.4 is 0 Å². The Hall–Kier alpha value is -2.41. The van der Waals surface area contributed by atoms with Crippen molar-refractivity contribution in [3.63, 3.8) is 0 Å². The average molecular weight is 261 g/mol. The molecule has 3 aromatic rings. The van der Waals surface area contributed by atoms with Gasteiger partial charge in [0.1, 0.15) is 0 Å². The number of hydrogen-bond acceptors (Lipinski definition) is 0. The molecule has 98 valence electrons. The van der Waals surface area contributed by atoms with E-state index in [1.807, 2.05) is 36.4 Å². The number of aryl methyl sites for hydroxylation is 1. The molecule has 1 heteroatoms. The predicted molar refractivity (Wildman–Crippen MR) is 83.5 cm³/mol. The minimum atomic E-state index is 0.910. The third-order valence-corrected chi connectivity index (χ3v) is 3.59. The molecule has 0 radical (unpaired) electrons. The molecule has 0 unspecified atom stereocenters. The zero-order valence-corrected chi connectivity index (χ0v) is 11.8. The van der Waals surface area contributed by atoms with Crippen LogP contribution in [0.15, 0.2) is 71.1 Å². The van der Waals surface area contributed by atoms with E-state index >= 15 is 0 Å². The van der Waals surface area contributed by atoms with Crippen molar-refractivity contribution in [3.05, 3.63) is 77.9 Å². The van der Waals surface area contributed by atoms with E-state index in [1.54, 1.807) is 0 Å². The highest BCUT2D eigenvalue weighted by Crippen LogP contribution is 2.31. The van der Waals surface area contributed by atoms with E-state index in [1.165, 1.54) is 11.1 Å². The third kappa shape index (κ3) is 2.35. The first kappa shape index (κ1) is 12.6. The second-order valence-corrected chi connectivity index (χ2v) is 4.98. The van der Waals surface area contributed by atoms with Gasteiger partial charge >= 0.3 is 11.5 Å². The Morgan fingerprint density at radius 2 is 1.25 bits per heavy atom. The smallest absolute Gasteiger partial charge is 0.207 e. The summed E-state index contributed by atoms with van der Waals surface area (Å²) in [6.07, 6.45) is 0. The summed E-state index contributed by atoms with van der Waals surface area (Å²) in [5.41, 5.74) is 4.66. The van der Waals surface area contributed by atoms with Crippen LogP contribution in [0.4, 0.5) is 0 Å². The van der Waals surface area contributed by atoms with Crippen molar-refractivity contribution in [1.82, 2.24) is 0 Å². The fraction of sp³-hybridized carbons (Fsp3) is 0.105. The molecule has 0 N–H and O–H groups in total. The fourth-order valence-corrected chi connectivity index (χ4v) is 2.31. The van der Waals surface area contributed by atoms with Gasteiger partial charge in [-0.05, 0) is 43.7 Å². The van der Waals surface area contributed by atoms with Crippen LogP contribution in [0.2, 0.25) is 0 Å². The Morgan fingerprint density at radius 3 is 1.85 bits per heavy atom. The molecule has 0 saturated carbocycles. The number of benzene rings is 2. The summed E-state index contributed by atoms with van der Waals surface area (Å²) in [4.78, 5) is 0. The predicted octanol–water partition coefficient (Wildman–Crippen LogP) is 5.51. The van der Waals surface area contributed by atoms with E-state index in [0.29, 0.717) is 0 Å². The van der Waals surface area contributed by atoms with E-state index in [9.17, 15) is 0 Å². The highest BCUT2D eigenvalue weighted by atomic mass is 16.3. The SMILES string of the molecule is Cc1cc(-c2ccccc2)[o+]c(-c2ccccc2)c1C. The van der Waals surface area contributed by atoms with Gasteiger partial charge in [0.2, 0.25) is 0 Å². The van der Waals surface area contributed by atoms with Gasteiger partial charge in [-0.3, -0.25) is 0 Å². The molecule has 0 aliphatic carbocycles. The highest BCUT2D eigenvalue weighted by Gasteiger charge is 2.22. The fourth-order valence-electron chi connectivity index (χ4n) is 2.31. The summed E-state index contributed by atoms with van der Waals surface area (Å²) in [5, 5.41) is 0. The molecule has 0 amide bonds. The van der Waals surface area contributed by atoms with Gasteiger partial charge in [0.25, 0.3) is 0 Å². The van der Waals surface area contributed by atoms with Crippen molar-refractivity contribution in [3.8, 4) is 22.6 Å². The lowest BCUT2D eigenvalue weighted by atomic mass is 10.0. The quantitative estimate of drug-likeness (QED) is 0.553. The molecule has 0 fully saturated rings. The van der Waals surface area contributed by atoms with Crippen LogP contribution >= 0.6 is 0 Å². The molecule has 1 nitrogen and oxygen atoms in total. The average Bonchev–Trinajstić information content (AvgIpc) is 2.51.